The van der Waals surface area contributed by atoms with Crippen molar-refractivity contribution in [1.82, 2.24) is 0 Å². The van der Waals surface area contributed by atoms with Gasteiger partial charge in [0.15, 0.2) is 0 Å². The van der Waals surface area contributed by atoms with Crippen LogP contribution >= 0.6 is 23.2 Å². The largest absolute Gasteiger partial charge is 0.379 e. The van der Waals surface area contributed by atoms with Crippen LogP contribution in [0.1, 0.15) is 0 Å². The SMILES string of the molecule is NC/C=C/CNc1c(Cl)cc([N+](=O)[O-])cc1Cl. The average molecular weight is 276 g/mol. The molecule has 0 aliphatic carbocycles. The van der Waals surface area contributed by atoms with Gasteiger partial charge in [0.2, 0.25) is 0 Å². The van der Waals surface area contributed by atoms with Crippen molar-refractivity contribution in [3.63, 3.8) is 0 Å². The van der Waals surface area contributed by atoms with Gasteiger partial charge in [-0.1, -0.05) is 35.4 Å². The molecule has 0 unspecified atom stereocenters. The zero-order valence-corrected chi connectivity index (χ0v) is 10.3. The molecule has 92 valence electrons. The molecule has 0 aliphatic rings. The summed E-state index contributed by atoms with van der Waals surface area (Å²) in [5.41, 5.74) is 5.62. The van der Waals surface area contributed by atoms with Crippen LogP contribution in [0.3, 0.4) is 0 Å². The number of hydrogen-bond donors (Lipinski definition) is 2. The first-order chi connectivity index (χ1) is 8.06. The van der Waals surface area contributed by atoms with E-state index in [0.29, 0.717) is 18.8 Å². The van der Waals surface area contributed by atoms with Gasteiger partial charge in [-0.15, -0.1) is 0 Å². The summed E-state index contributed by atoms with van der Waals surface area (Å²) < 4.78 is 0. The molecule has 7 heteroatoms. The zero-order valence-electron chi connectivity index (χ0n) is 8.82. The second-order valence-corrected chi connectivity index (χ2v) is 3.94. The first kappa shape index (κ1) is 13.8. The van der Waals surface area contributed by atoms with Gasteiger partial charge < -0.3 is 11.1 Å². The number of nitro groups is 1. The Morgan fingerprint density at radius 1 is 1.35 bits per heavy atom. The van der Waals surface area contributed by atoms with Gasteiger partial charge in [0.05, 0.1) is 20.7 Å². The van der Waals surface area contributed by atoms with Gasteiger partial charge >= 0.3 is 0 Å². The Hall–Kier alpha value is -1.30. The monoisotopic (exact) mass is 275 g/mol. The van der Waals surface area contributed by atoms with Gasteiger partial charge in [0, 0.05) is 25.2 Å². The molecule has 0 radical (unpaired) electrons. The maximum Gasteiger partial charge on any atom is 0.272 e. The first-order valence-corrected chi connectivity index (χ1v) is 5.54. The van der Waals surface area contributed by atoms with Crippen molar-refractivity contribution in [2.24, 2.45) is 5.73 Å². The highest BCUT2D eigenvalue weighted by Gasteiger charge is 2.13. The van der Waals surface area contributed by atoms with E-state index in [1.165, 1.54) is 12.1 Å². The predicted molar refractivity (Wildman–Crippen MR) is 69.8 cm³/mol. The maximum atomic E-state index is 10.6. The average Bonchev–Trinajstić information content (AvgIpc) is 2.26. The zero-order chi connectivity index (χ0) is 12.8. The van der Waals surface area contributed by atoms with E-state index in [1.54, 1.807) is 6.08 Å². The fourth-order valence-corrected chi connectivity index (χ4v) is 1.78. The number of nitro benzene ring substituents is 1. The third-order valence-electron chi connectivity index (χ3n) is 1.94. The number of nitrogens with one attached hydrogen (secondary N) is 1. The summed E-state index contributed by atoms with van der Waals surface area (Å²) in [7, 11) is 0. The molecule has 0 saturated heterocycles. The van der Waals surface area contributed by atoms with E-state index in [2.05, 4.69) is 5.32 Å². The number of non-ortho nitro benzene ring substituents is 1. The summed E-state index contributed by atoms with van der Waals surface area (Å²) in [5, 5.41) is 13.9. The van der Waals surface area contributed by atoms with Crippen molar-refractivity contribution in [2.45, 2.75) is 0 Å². The molecule has 1 rings (SSSR count). The number of halogens is 2. The topological polar surface area (TPSA) is 81.2 Å². The van der Waals surface area contributed by atoms with Crippen molar-refractivity contribution >= 4 is 34.6 Å². The fourth-order valence-electron chi connectivity index (χ4n) is 1.17. The van der Waals surface area contributed by atoms with E-state index in [9.17, 15) is 10.1 Å². The predicted octanol–water partition coefficient (Wildman–Crippen LogP) is 2.83. The molecule has 0 saturated carbocycles. The lowest BCUT2D eigenvalue weighted by Gasteiger charge is -2.08. The van der Waals surface area contributed by atoms with Gasteiger partial charge in [-0.2, -0.15) is 0 Å². The first-order valence-electron chi connectivity index (χ1n) is 4.78. The van der Waals surface area contributed by atoms with Crippen molar-refractivity contribution in [3.05, 3.63) is 44.4 Å². The Kier molecular flexibility index (Phi) is 5.21. The third kappa shape index (κ3) is 3.89. The summed E-state index contributed by atoms with van der Waals surface area (Å²) >= 11 is 11.8. The smallest absolute Gasteiger partial charge is 0.272 e. The minimum absolute atomic E-state index is 0.136. The second-order valence-electron chi connectivity index (χ2n) is 3.13. The van der Waals surface area contributed by atoms with E-state index in [4.69, 9.17) is 28.9 Å². The lowest BCUT2D eigenvalue weighted by molar-refractivity contribution is -0.384. The molecule has 17 heavy (non-hydrogen) atoms. The van der Waals surface area contributed by atoms with E-state index in [0.717, 1.165) is 0 Å². The van der Waals surface area contributed by atoms with Gasteiger partial charge in [0.25, 0.3) is 5.69 Å². The molecule has 0 heterocycles. The number of rotatable bonds is 5. The third-order valence-corrected chi connectivity index (χ3v) is 2.53. The number of benzene rings is 1. The van der Waals surface area contributed by atoms with E-state index < -0.39 is 4.92 Å². The summed E-state index contributed by atoms with van der Waals surface area (Å²) in [5.74, 6) is 0. The number of anilines is 1. The molecule has 0 bridgehead atoms. The molecule has 0 aromatic heterocycles. The molecule has 0 aliphatic heterocycles. The highest BCUT2D eigenvalue weighted by Crippen LogP contribution is 2.34. The van der Waals surface area contributed by atoms with Crippen LogP contribution in [0, 0.1) is 10.1 Å². The minimum atomic E-state index is -0.546. The Balaban J connectivity index is 2.86. The molecular formula is C10H11Cl2N3O2. The Morgan fingerprint density at radius 3 is 2.41 bits per heavy atom. The van der Waals surface area contributed by atoms with Crippen LogP contribution in [-0.4, -0.2) is 18.0 Å². The van der Waals surface area contributed by atoms with E-state index in [-0.39, 0.29) is 15.7 Å². The molecule has 1 aromatic carbocycles. The van der Waals surface area contributed by atoms with Crippen molar-refractivity contribution < 1.29 is 4.92 Å². The van der Waals surface area contributed by atoms with Crippen molar-refractivity contribution in [1.29, 1.82) is 0 Å². The molecule has 5 nitrogen and oxygen atoms in total. The molecule has 0 amide bonds. The summed E-state index contributed by atoms with van der Waals surface area (Å²) in [6, 6.07) is 2.50. The van der Waals surface area contributed by atoms with Crippen molar-refractivity contribution in [3.8, 4) is 0 Å². The van der Waals surface area contributed by atoms with Crippen LogP contribution in [-0.2, 0) is 0 Å². The van der Waals surface area contributed by atoms with Gasteiger partial charge in [-0.3, -0.25) is 10.1 Å². The number of nitrogens with zero attached hydrogens (tertiary/aromatic N) is 1. The molecule has 0 fully saturated rings. The number of nitrogens with two attached hydrogens (primary N) is 1. The van der Waals surface area contributed by atoms with Crippen LogP contribution < -0.4 is 11.1 Å². The fraction of sp³-hybridized carbons (Fsp3) is 0.200. The summed E-state index contributed by atoms with van der Waals surface area (Å²) in [4.78, 5) is 10.0. The van der Waals surface area contributed by atoms with Crippen LogP contribution in [0.4, 0.5) is 11.4 Å². The molecule has 1 aromatic rings. The highest BCUT2D eigenvalue weighted by molar-refractivity contribution is 6.39. The molecule has 3 N–H and O–H groups in total. The number of hydrogen-bond acceptors (Lipinski definition) is 4. The second kappa shape index (κ2) is 6.44. The summed E-state index contributed by atoms with van der Waals surface area (Å²) in [6.07, 6.45) is 3.59. The minimum Gasteiger partial charge on any atom is -0.379 e. The molecular weight excluding hydrogens is 265 g/mol. The van der Waals surface area contributed by atoms with E-state index in [1.807, 2.05) is 6.08 Å². The Labute approximate surface area is 108 Å². The van der Waals surface area contributed by atoms with Crippen LogP contribution in [0.15, 0.2) is 24.3 Å². The van der Waals surface area contributed by atoms with Crippen LogP contribution in [0.2, 0.25) is 10.0 Å². The van der Waals surface area contributed by atoms with Gasteiger partial charge in [-0.05, 0) is 0 Å². The summed E-state index contributed by atoms with van der Waals surface area (Å²) in [6.45, 7) is 0.942. The molecule has 0 spiro atoms. The van der Waals surface area contributed by atoms with Gasteiger partial charge in [0.1, 0.15) is 0 Å². The highest BCUT2D eigenvalue weighted by atomic mass is 35.5. The Morgan fingerprint density at radius 2 is 1.94 bits per heavy atom. The lowest BCUT2D eigenvalue weighted by Crippen LogP contribution is -2.02. The lowest BCUT2D eigenvalue weighted by atomic mass is 10.2. The van der Waals surface area contributed by atoms with E-state index >= 15 is 0 Å². The maximum absolute atomic E-state index is 10.6. The van der Waals surface area contributed by atoms with Crippen LogP contribution in [0.25, 0.3) is 0 Å². The normalized spacial score (nSPS) is 10.8. The van der Waals surface area contributed by atoms with Gasteiger partial charge in [-0.25, -0.2) is 0 Å². The van der Waals surface area contributed by atoms with Crippen LogP contribution in [0.5, 0.6) is 0 Å². The van der Waals surface area contributed by atoms with Crippen molar-refractivity contribution in [2.75, 3.05) is 18.4 Å². The quantitative estimate of drug-likeness (QED) is 0.492. The standard InChI is InChI=1S/C10H11Cl2N3O2/c11-8-5-7(15(16)17)6-9(12)10(8)14-4-2-1-3-13/h1-2,5-6,14H,3-4,13H2/b2-1+. The Bertz CT molecular complexity index is 426. The molecule has 0 atom stereocenters.